The lowest BCUT2D eigenvalue weighted by atomic mass is 9.84. The van der Waals surface area contributed by atoms with Crippen LogP contribution in [0, 0.1) is 13.8 Å². The van der Waals surface area contributed by atoms with Crippen LogP contribution in [0.25, 0.3) is 0 Å². The van der Waals surface area contributed by atoms with Gasteiger partial charge in [0.05, 0.1) is 0 Å². The van der Waals surface area contributed by atoms with Gasteiger partial charge in [0.2, 0.25) is 0 Å². The van der Waals surface area contributed by atoms with Crippen LogP contribution in [0.3, 0.4) is 0 Å². The van der Waals surface area contributed by atoms with Crippen molar-refractivity contribution >= 4 is 31.9 Å². The van der Waals surface area contributed by atoms with Crippen LogP contribution in [0.15, 0.2) is 77.3 Å². The van der Waals surface area contributed by atoms with Gasteiger partial charge >= 0.3 is 0 Å². The SMILES string of the molecule is Cc1cccc(C(Br)(c2ccc(Br)cc2)c2cccc(C)c2)c1. The van der Waals surface area contributed by atoms with Crippen molar-refractivity contribution in [2.45, 2.75) is 18.2 Å². The third kappa shape index (κ3) is 3.29. The van der Waals surface area contributed by atoms with Crippen molar-refractivity contribution in [3.8, 4) is 0 Å². The van der Waals surface area contributed by atoms with E-state index in [1.165, 1.54) is 27.8 Å². The summed E-state index contributed by atoms with van der Waals surface area (Å²) < 4.78 is 0.732. The maximum absolute atomic E-state index is 4.09. The van der Waals surface area contributed by atoms with E-state index in [4.69, 9.17) is 0 Å². The topological polar surface area (TPSA) is 0 Å². The van der Waals surface area contributed by atoms with Crippen molar-refractivity contribution in [3.63, 3.8) is 0 Å². The van der Waals surface area contributed by atoms with Gasteiger partial charge in [-0.05, 0) is 42.7 Å². The van der Waals surface area contributed by atoms with E-state index in [2.05, 4.69) is 119 Å². The molecule has 23 heavy (non-hydrogen) atoms. The standard InChI is InChI=1S/C21H18Br2/c1-15-5-3-7-18(13-15)21(23,17-9-11-20(22)12-10-17)19-8-4-6-16(2)14-19/h3-14H,1-2H3. The van der Waals surface area contributed by atoms with Crippen molar-refractivity contribution in [3.05, 3.63) is 105 Å². The van der Waals surface area contributed by atoms with E-state index in [9.17, 15) is 0 Å². The Kier molecular flexibility index (Phi) is 4.74. The summed E-state index contributed by atoms with van der Waals surface area (Å²) in [6.45, 7) is 4.27. The van der Waals surface area contributed by atoms with Gasteiger partial charge in [0.1, 0.15) is 4.32 Å². The highest BCUT2D eigenvalue weighted by Crippen LogP contribution is 2.45. The molecule has 0 aromatic heterocycles. The van der Waals surface area contributed by atoms with Gasteiger partial charge in [-0.1, -0.05) is 104 Å². The van der Waals surface area contributed by atoms with Crippen LogP contribution in [0.2, 0.25) is 0 Å². The predicted molar refractivity (Wildman–Crippen MR) is 105 cm³/mol. The van der Waals surface area contributed by atoms with Gasteiger partial charge < -0.3 is 0 Å². The number of alkyl halides is 1. The molecule has 0 aliphatic carbocycles. The fourth-order valence-corrected chi connectivity index (χ4v) is 3.92. The number of hydrogen-bond acceptors (Lipinski definition) is 0. The Morgan fingerprint density at radius 2 is 1.13 bits per heavy atom. The minimum absolute atomic E-state index is 0.355. The summed E-state index contributed by atoms with van der Waals surface area (Å²) in [6.07, 6.45) is 0. The van der Waals surface area contributed by atoms with Crippen LogP contribution in [0.4, 0.5) is 0 Å². The van der Waals surface area contributed by atoms with E-state index in [-0.39, 0.29) is 4.32 Å². The second kappa shape index (κ2) is 6.62. The molecule has 0 bridgehead atoms. The molecule has 0 saturated carbocycles. The molecule has 0 amide bonds. The van der Waals surface area contributed by atoms with Gasteiger partial charge in [-0.25, -0.2) is 0 Å². The Bertz CT molecular complexity index is 774. The Labute approximate surface area is 154 Å². The molecule has 0 saturated heterocycles. The number of benzene rings is 3. The smallest absolute Gasteiger partial charge is 0.0696 e. The van der Waals surface area contributed by atoms with Gasteiger partial charge in [0.25, 0.3) is 0 Å². The van der Waals surface area contributed by atoms with E-state index in [0.717, 1.165) is 4.47 Å². The fraction of sp³-hybridized carbons (Fsp3) is 0.143. The summed E-state index contributed by atoms with van der Waals surface area (Å²) in [6, 6.07) is 25.9. The summed E-state index contributed by atoms with van der Waals surface area (Å²) in [5.74, 6) is 0. The molecule has 0 fully saturated rings. The van der Waals surface area contributed by atoms with Crippen molar-refractivity contribution in [2.75, 3.05) is 0 Å². The average Bonchev–Trinajstić information content (AvgIpc) is 2.55. The molecule has 3 rings (SSSR count). The largest absolute Gasteiger partial charge is 0.100 e. The highest BCUT2D eigenvalue weighted by molar-refractivity contribution is 9.10. The average molecular weight is 430 g/mol. The first-order valence-electron chi connectivity index (χ1n) is 7.59. The van der Waals surface area contributed by atoms with Crippen LogP contribution in [-0.2, 0) is 4.32 Å². The Hall–Kier alpha value is -1.38. The van der Waals surface area contributed by atoms with Crippen LogP contribution >= 0.6 is 31.9 Å². The number of rotatable bonds is 3. The molecule has 0 radical (unpaired) electrons. The molecule has 116 valence electrons. The van der Waals surface area contributed by atoms with Crippen molar-refractivity contribution in [1.82, 2.24) is 0 Å². The van der Waals surface area contributed by atoms with Gasteiger partial charge in [-0.2, -0.15) is 0 Å². The quantitative estimate of drug-likeness (QED) is 0.319. The minimum atomic E-state index is -0.355. The number of halogens is 2. The van der Waals surface area contributed by atoms with Gasteiger partial charge in [-0.3, -0.25) is 0 Å². The lowest BCUT2D eigenvalue weighted by Crippen LogP contribution is -2.22. The van der Waals surface area contributed by atoms with Gasteiger partial charge in [0.15, 0.2) is 0 Å². The van der Waals surface area contributed by atoms with Crippen LogP contribution in [0.1, 0.15) is 27.8 Å². The Morgan fingerprint density at radius 3 is 1.57 bits per heavy atom. The molecular formula is C21H18Br2. The Morgan fingerprint density at radius 1 is 0.652 bits per heavy atom. The summed E-state index contributed by atoms with van der Waals surface area (Å²) in [7, 11) is 0. The summed E-state index contributed by atoms with van der Waals surface area (Å²) in [5.41, 5.74) is 6.22. The van der Waals surface area contributed by atoms with E-state index in [0.29, 0.717) is 0 Å². The zero-order valence-electron chi connectivity index (χ0n) is 13.2. The molecule has 0 spiro atoms. The molecule has 0 aliphatic rings. The van der Waals surface area contributed by atoms with E-state index >= 15 is 0 Å². The molecule has 3 aromatic carbocycles. The van der Waals surface area contributed by atoms with E-state index in [1.54, 1.807) is 0 Å². The molecule has 0 unspecified atom stereocenters. The fourth-order valence-electron chi connectivity index (χ4n) is 2.90. The van der Waals surface area contributed by atoms with Gasteiger partial charge in [-0.15, -0.1) is 0 Å². The molecular weight excluding hydrogens is 412 g/mol. The monoisotopic (exact) mass is 428 g/mol. The normalized spacial score (nSPS) is 11.5. The zero-order chi connectivity index (χ0) is 16.4. The summed E-state index contributed by atoms with van der Waals surface area (Å²) in [5, 5.41) is 0. The third-order valence-electron chi connectivity index (χ3n) is 4.07. The molecule has 0 atom stereocenters. The predicted octanol–water partition coefficient (Wildman–Crippen LogP) is 6.75. The second-order valence-corrected chi connectivity index (χ2v) is 8.01. The van der Waals surface area contributed by atoms with E-state index in [1.807, 2.05) is 0 Å². The van der Waals surface area contributed by atoms with Gasteiger partial charge in [0, 0.05) is 4.47 Å². The van der Waals surface area contributed by atoms with Crippen LogP contribution in [-0.4, -0.2) is 0 Å². The minimum Gasteiger partial charge on any atom is -0.0696 e. The summed E-state index contributed by atoms with van der Waals surface area (Å²) in [4.78, 5) is 0. The highest BCUT2D eigenvalue weighted by Gasteiger charge is 2.33. The first kappa shape index (κ1) is 16.5. The lowest BCUT2D eigenvalue weighted by Gasteiger charge is -2.30. The first-order chi connectivity index (χ1) is 11.0. The second-order valence-electron chi connectivity index (χ2n) is 5.90. The lowest BCUT2D eigenvalue weighted by molar-refractivity contribution is 0.911. The Balaban J connectivity index is 2.27. The van der Waals surface area contributed by atoms with Crippen molar-refractivity contribution in [1.29, 1.82) is 0 Å². The molecule has 0 aliphatic heterocycles. The van der Waals surface area contributed by atoms with Crippen LogP contribution in [0.5, 0.6) is 0 Å². The first-order valence-corrected chi connectivity index (χ1v) is 9.18. The van der Waals surface area contributed by atoms with Crippen LogP contribution < -0.4 is 0 Å². The number of hydrogen-bond donors (Lipinski definition) is 0. The summed E-state index contributed by atoms with van der Waals surface area (Å²) >= 11 is 7.62. The zero-order valence-corrected chi connectivity index (χ0v) is 16.4. The molecule has 0 nitrogen and oxygen atoms in total. The molecule has 0 heterocycles. The molecule has 3 aromatic rings. The van der Waals surface area contributed by atoms with E-state index < -0.39 is 0 Å². The molecule has 0 N–H and O–H groups in total. The maximum Gasteiger partial charge on any atom is 0.100 e. The van der Waals surface area contributed by atoms with Crippen molar-refractivity contribution < 1.29 is 0 Å². The van der Waals surface area contributed by atoms with Crippen molar-refractivity contribution in [2.24, 2.45) is 0 Å². The highest BCUT2D eigenvalue weighted by atomic mass is 79.9. The number of aryl methyl sites for hydroxylation is 2. The third-order valence-corrected chi connectivity index (χ3v) is 5.98. The maximum atomic E-state index is 4.09. The molecule has 2 heteroatoms.